The lowest BCUT2D eigenvalue weighted by Crippen LogP contribution is -2.03. The fraction of sp³-hybridized carbons (Fsp3) is 0.188. The molecular formula is C16H14N2O2S. The molecule has 0 aliphatic carbocycles. The van der Waals surface area contributed by atoms with Crippen molar-refractivity contribution in [3.05, 3.63) is 58.4 Å². The van der Waals surface area contributed by atoms with Gasteiger partial charge in [0.1, 0.15) is 10.8 Å². The van der Waals surface area contributed by atoms with Crippen LogP contribution in [0.1, 0.15) is 27.5 Å². The third kappa shape index (κ3) is 2.78. The maximum Gasteiger partial charge on any atom is 0.168 e. The molecule has 0 saturated heterocycles. The number of benzene rings is 1. The van der Waals surface area contributed by atoms with E-state index in [0.29, 0.717) is 12.0 Å². The summed E-state index contributed by atoms with van der Waals surface area (Å²) < 4.78 is 5.16. The summed E-state index contributed by atoms with van der Waals surface area (Å²) in [7, 11) is 0. The minimum Gasteiger partial charge on any atom is -0.361 e. The van der Waals surface area contributed by atoms with Crippen molar-refractivity contribution in [1.29, 1.82) is 0 Å². The number of rotatable bonds is 4. The van der Waals surface area contributed by atoms with Crippen molar-refractivity contribution in [1.82, 2.24) is 10.1 Å². The molecule has 0 spiro atoms. The summed E-state index contributed by atoms with van der Waals surface area (Å²) in [6.45, 7) is 3.76. The number of carbonyl (C=O) groups excluding carboxylic acids is 1. The van der Waals surface area contributed by atoms with Crippen LogP contribution in [-0.4, -0.2) is 15.9 Å². The Morgan fingerprint density at radius 1 is 1.24 bits per heavy atom. The minimum atomic E-state index is 0.0752. The number of hydrogen-bond donors (Lipinski definition) is 0. The molecule has 0 aliphatic rings. The highest BCUT2D eigenvalue weighted by atomic mass is 32.1. The fourth-order valence-corrected chi connectivity index (χ4v) is 3.14. The van der Waals surface area contributed by atoms with Crippen LogP contribution in [0.15, 0.2) is 40.2 Å². The summed E-state index contributed by atoms with van der Waals surface area (Å²) in [5, 5.41) is 6.70. The molecule has 21 heavy (non-hydrogen) atoms. The van der Waals surface area contributed by atoms with Gasteiger partial charge in [0.2, 0.25) is 0 Å². The number of aromatic nitrogens is 2. The second-order valence-electron chi connectivity index (χ2n) is 4.81. The molecule has 0 amide bonds. The Labute approximate surface area is 126 Å². The van der Waals surface area contributed by atoms with Crippen LogP contribution in [0.25, 0.3) is 10.6 Å². The fourth-order valence-electron chi connectivity index (χ4n) is 2.18. The predicted molar refractivity (Wildman–Crippen MR) is 81.6 cm³/mol. The van der Waals surface area contributed by atoms with Gasteiger partial charge in [0.05, 0.1) is 23.4 Å². The zero-order valence-corrected chi connectivity index (χ0v) is 12.6. The monoisotopic (exact) mass is 298 g/mol. The van der Waals surface area contributed by atoms with Gasteiger partial charge in [-0.05, 0) is 13.8 Å². The Bertz CT molecular complexity index is 755. The Balaban J connectivity index is 1.82. The lowest BCUT2D eigenvalue weighted by molar-refractivity contribution is 0.0992. The number of thiazole rings is 1. The number of aryl methyl sites for hydroxylation is 2. The first-order valence-electron chi connectivity index (χ1n) is 6.61. The summed E-state index contributed by atoms with van der Waals surface area (Å²) in [6, 6.07) is 9.27. The number of nitrogens with zero attached hydrogens (tertiary/aromatic N) is 2. The maximum absolute atomic E-state index is 12.2. The van der Waals surface area contributed by atoms with Gasteiger partial charge in [0.25, 0.3) is 0 Å². The van der Waals surface area contributed by atoms with E-state index in [2.05, 4.69) is 10.1 Å². The number of hydrogen-bond acceptors (Lipinski definition) is 5. The Kier molecular flexibility index (Phi) is 3.66. The number of ketones is 1. The van der Waals surface area contributed by atoms with Crippen LogP contribution in [0.4, 0.5) is 0 Å². The molecule has 0 bridgehead atoms. The van der Waals surface area contributed by atoms with E-state index in [1.807, 2.05) is 49.6 Å². The van der Waals surface area contributed by atoms with Gasteiger partial charge in [-0.25, -0.2) is 4.98 Å². The van der Waals surface area contributed by atoms with Crippen LogP contribution in [0.5, 0.6) is 0 Å². The quantitative estimate of drug-likeness (QED) is 0.687. The zero-order chi connectivity index (χ0) is 14.8. The topological polar surface area (TPSA) is 56.0 Å². The Hall–Kier alpha value is -2.27. The lowest BCUT2D eigenvalue weighted by Gasteiger charge is -1.98. The molecule has 2 heterocycles. The second kappa shape index (κ2) is 5.61. The predicted octanol–water partition coefficient (Wildman–Crippen LogP) is 3.84. The highest BCUT2D eigenvalue weighted by Gasteiger charge is 2.16. The molecule has 0 unspecified atom stereocenters. The van der Waals surface area contributed by atoms with Crippen LogP contribution in [-0.2, 0) is 6.42 Å². The van der Waals surface area contributed by atoms with Crippen molar-refractivity contribution in [3.63, 3.8) is 0 Å². The summed E-state index contributed by atoms with van der Waals surface area (Å²) in [6.07, 6.45) is 0.309. The molecule has 5 heteroatoms. The highest BCUT2D eigenvalue weighted by molar-refractivity contribution is 7.13. The molecule has 4 nitrogen and oxygen atoms in total. The van der Waals surface area contributed by atoms with Crippen LogP contribution in [0.3, 0.4) is 0 Å². The molecular weight excluding hydrogens is 284 g/mol. The normalized spacial score (nSPS) is 10.8. The summed E-state index contributed by atoms with van der Waals surface area (Å²) in [5.74, 6) is 0.828. The van der Waals surface area contributed by atoms with E-state index in [-0.39, 0.29) is 5.78 Å². The number of carbonyl (C=O) groups is 1. The first-order valence-corrected chi connectivity index (χ1v) is 7.49. The van der Waals surface area contributed by atoms with Gasteiger partial charge in [-0.15, -0.1) is 11.3 Å². The summed E-state index contributed by atoms with van der Waals surface area (Å²) in [5.41, 5.74) is 3.24. The molecule has 0 aliphatic heterocycles. The third-order valence-corrected chi connectivity index (χ3v) is 4.15. The van der Waals surface area contributed by atoms with E-state index >= 15 is 0 Å². The van der Waals surface area contributed by atoms with E-state index in [1.165, 1.54) is 11.3 Å². The first-order chi connectivity index (χ1) is 10.1. The van der Waals surface area contributed by atoms with Gasteiger partial charge in [0, 0.05) is 10.9 Å². The molecule has 0 saturated carbocycles. The third-order valence-electron chi connectivity index (χ3n) is 3.24. The van der Waals surface area contributed by atoms with E-state index in [0.717, 1.165) is 27.7 Å². The van der Waals surface area contributed by atoms with Crippen molar-refractivity contribution in [3.8, 4) is 10.6 Å². The number of Topliss-reactive ketones (excluding diaryl/α,β-unsaturated/α-hetero) is 1. The van der Waals surface area contributed by atoms with Crippen molar-refractivity contribution in [2.75, 3.05) is 0 Å². The molecule has 0 atom stereocenters. The van der Waals surface area contributed by atoms with Gasteiger partial charge in [-0.3, -0.25) is 4.79 Å². The standard InChI is InChI=1S/C16H14N2O2S/c1-10-15(11(2)20-18-10)16-17-13(9-21-16)8-14(19)12-6-4-3-5-7-12/h3-7,9H,8H2,1-2H3. The molecule has 2 aromatic heterocycles. The van der Waals surface area contributed by atoms with Crippen LogP contribution >= 0.6 is 11.3 Å². The van der Waals surface area contributed by atoms with Crippen LogP contribution in [0.2, 0.25) is 0 Å². The average molecular weight is 298 g/mol. The summed E-state index contributed by atoms with van der Waals surface area (Å²) in [4.78, 5) is 16.7. The van der Waals surface area contributed by atoms with Gasteiger partial charge < -0.3 is 4.52 Å². The Morgan fingerprint density at radius 3 is 2.67 bits per heavy atom. The molecule has 0 radical (unpaired) electrons. The van der Waals surface area contributed by atoms with Crippen LogP contribution < -0.4 is 0 Å². The molecule has 0 N–H and O–H groups in total. The maximum atomic E-state index is 12.2. The smallest absolute Gasteiger partial charge is 0.168 e. The lowest BCUT2D eigenvalue weighted by atomic mass is 10.1. The van der Waals surface area contributed by atoms with Gasteiger partial charge in [0.15, 0.2) is 5.78 Å². The second-order valence-corrected chi connectivity index (χ2v) is 5.67. The van der Waals surface area contributed by atoms with Crippen molar-refractivity contribution in [2.24, 2.45) is 0 Å². The molecule has 1 aromatic carbocycles. The molecule has 0 fully saturated rings. The van der Waals surface area contributed by atoms with E-state index in [4.69, 9.17) is 4.52 Å². The Morgan fingerprint density at radius 2 is 2.00 bits per heavy atom. The van der Waals surface area contributed by atoms with E-state index in [9.17, 15) is 4.79 Å². The first kappa shape index (κ1) is 13.7. The molecule has 106 valence electrons. The molecule has 3 aromatic rings. The average Bonchev–Trinajstić information content (AvgIpc) is 3.06. The van der Waals surface area contributed by atoms with Crippen molar-refractivity contribution >= 4 is 17.1 Å². The van der Waals surface area contributed by atoms with Crippen LogP contribution in [0, 0.1) is 13.8 Å². The van der Waals surface area contributed by atoms with Crippen molar-refractivity contribution in [2.45, 2.75) is 20.3 Å². The SMILES string of the molecule is Cc1noc(C)c1-c1nc(CC(=O)c2ccccc2)cs1. The van der Waals surface area contributed by atoms with E-state index in [1.54, 1.807) is 0 Å². The largest absolute Gasteiger partial charge is 0.361 e. The van der Waals surface area contributed by atoms with E-state index < -0.39 is 0 Å². The van der Waals surface area contributed by atoms with Gasteiger partial charge in [-0.2, -0.15) is 0 Å². The molecule has 3 rings (SSSR count). The summed E-state index contributed by atoms with van der Waals surface area (Å²) >= 11 is 1.51. The van der Waals surface area contributed by atoms with Crippen molar-refractivity contribution < 1.29 is 9.32 Å². The minimum absolute atomic E-state index is 0.0752. The van der Waals surface area contributed by atoms with Gasteiger partial charge in [-0.1, -0.05) is 35.5 Å². The van der Waals surface area contributed by atoms with Gasteiger partial charge >= 0.3 is 0 Å². The highest BCUT2D eigenvalue weighted by Crippen LogP contribution is 2.29. The zero-order valence-electron chi connectivity index (χ0n) is 11.8.